The molecule has 0 spiro atoms. The van der Waals surface area contributed by atoms with Crippen molar-refractivity contribution in [1.82, 2.24) is 14.8 Å². The number of nitrogens with one attached hydrogen (secondary N) is 2. The van der Waals surface area contributed by atoms with E-state index in [4.69, 9.17) is 0 Å². The molecule has 2 aromatic heterocycles. The summed E-state index contributed by atoms with van der Waals surface area (Å²) in [5, 5.41) is 23.2. The first kappa shape index (κ1) is 16.2. The Labute approximate surface area is 151 Å². The van der Waals surface area contributed by atoms with E-state index < -0.39 is 0 Å². The number of imidazole rings is 1. The summed E-state index contributed by atoms with van der Waals surface area (Å²) < 4.78 is 2.88. The molecule has 6 nitrogen and oxygen atoms in total. The Kier molecular flexibility index (Phi) is 3.68. The molecule has 2 aromatic carbocycles. The van der Waals surface area contributed by atoms with Crippen LogP contribution < -0.4 is 10.0 Å². The van der Waals surface area contributed by atoms with Crippen LogP contribution in [-0.4, -0.2) is 21.8 Å². The Morgan fingerprint density at radius 1 is 1.12 bits per heavy atom. The van der Waals surface area contributed by atoms with Crippen molar-refractivity contribution in [2.75, 3.05) is 12.4 Å². The second-order valence-corrected chi connectivity index (χ2v) is 6.55. The van der Waals surface area contributed by atoms with Crippen molar-refractivity contribution in [2.24, 2.45) is 7.05 Å². The molecule has 6 heteroatoms. The average Bonchev–Trinajstić information content (AvgIpc) is 3.17. The van der Waals surface area contributed by atoms with Crippen LogP contribution in [0.15, 0.2) is 42.5 Å². The van der Waals surface area contributed by atoms with Crippen molar-refractivity contribution in [3.8, 4) is 22.4 Å². The molecule has 0 bridgehead atoms. The minimum atomic E-state index is 0.654. The zero-order chi connectivity index (χ0) is 18.4. The maximum Gasteiger partial charge on any atom is 0.257 e. The molecule has 2 heterocycles. The number of nitrogens with zero attached hydrogens (tertiary/aromatic N) is 3. The van der Waals surface area contributed by atoms with E-state index in [2.05, 4.69) is 40.6 Å². The zero-order valence-electron chi connectivity index (χ0n) is 15.3. The summed E-state index contributed by atoms with van der Waals surface area (Å²) in [7, 11) is 3.75. The monoisotopic (exact) mass is 347 g/mol. The smallest absolute Gasteiger partial charge is 0.257 e. The second kappa shape index (κ2) is 5.91. The first-order chi connectivity index (χ1) is 12.5. The first-order valence-electron chi connectivity index (χ1n) is 8.53. The molecule has 0 fully saturated rings. The van der Waals surface area contributed by atoms with Gasteiger partial charge in [-0.1, -0.05) is 23.8 Å². The maximum atomic E-state index is 12.5. The number of benzene rings is 2. The summed E-state index contributed by atoms with van der Waals surface area (Å²) in [6, 6.07) is 14.2. The van der Waals surface area contributed by atoms with Gasteiger partial charge < -0.3 is 10.5 Å². The molecule has 0 atom stereocenters. The molecule has 132 valence electrons. The van der Waals surface area contributed by atoms with Crippen LogP contribution in [0.25, 0.3) is 33.4 Å². The summed E-state index contributed by atoms with van der Waals surface area (Å²) in [6.45, 7) is 3.89. The molecular weight excluding hydrogens is 326 g/mol. The lowest BCUT2D eigenvalue weighted by Crippen LogP contribution is -2.28. The average molecular weight is 347 g/mol. The molecule has 0 unspecified atom stereocenters. The number of aromatic amines is 1. The lowest BCUT2D eigenvalue weighted by atomic mass is 9.99. The number of hydrogen-bond donors (Lipinski definition) is 2. The third-order valence-electron chi connectivity index (χ3n) is 4.93. The third-order valence-corrected chi connectivity index (χ3v) is 4.93. The van der Waals surface area contributed by atoms with E-state index in [-0.39, 0.29) is 0 Å². The molecule has 0 radical (unpaired) electrons. The van der Waals surface area contributed by atoms with Gasteiger partial charge in [-0.15, -0.1) is 0 Å². The van der Waals surface area contributed by atoms with Gasteiger partial charge >= 0.3 is 0 Å². The number of H-pyrrole nitrogens is 1. The molecule has 0 saturated carbocycles. The highest BCUT2D eigenvalue weighted by Gasteiger charge is 2.20. The van der Waals surface area contributed by atoms with Crippen molar-refractivity contribution in [3.05, 3.63) is 59.1 Å². The molecule has 26 heavy (non-hydrogen) atoms. The predicted molar refractivity (Wildman–Crippen MR) is 104 cm³/mol. The first-order valence-corrected chi connectivity index (χ1v) is 8.53. The van der Waals surface area contributed by atoms with Gasteiger partial charge in [0.1, 0.15) is 0 Å². The number of anilines is 1. The van der Waals surface area contributed by atoms with Crippen LogP contribution in [0.5, 0.6) is 0 Å². The van der Waals surface area contributed by atoms with Gasteiger partial charge in [0, 0.05) is 19.5 Å². The van der Waals surface area contributed by atoms with Crippen LogP contribution in [0.2, 0.25) is 0 Å². The van der Waals surface area contributed by atoms with Crippen molar-refractivity contribution < 1.29 is 4.73 Å². The molecule has 0 aliphatic carbocycles. The largest absolute Gasteiger partial charge is 0.710 e. The normalized spacial score (nSPS) is 11.2. The molecule has 0 amide bonds. The van der Waals surface area contributed by atoms with Crippen molar-refractivity contribution in [3.63, 3.8) is 0 Å². The summed E-state index contributed by atoms with van der Waals surface area (Å²) in [6.07, 6.45) is 0. The Bertz CT molecular complexity index is 1120. The Hall–Kier alpha value is -3.28. The predicted octanol–water partition coefficient (Wildman–Crippen LogP) is 3.53. The molecule has 4 rings (SSSR count). The van der Waals surface area contributed by atoms with Crippen LogP contribution >= 0.6 is 0 Å². The van der Waals surface area contributed by atoms with Gasteiger partial charge in [-0.2, -0.15) is 5.10 Å². The van der Waals surface area contributed by atoms with E-state index in [1.807, 2.05) is 49.9 Å². The van der Waals surface area contributed by atoms with E-state index in [0.717, 1.165) is 38.4 Å². The Morgan fingerprint density at radius 3 is 2.65 bits per heavy atom. The van der Waals surface area contributed by atoms with Crippen molar-refractivity contribution in [1.29, 1.82) is 0 Å². The van der Waals surface area contributed by atoms with Crippen molar-refractivity contribution in [2.45, 2.75) is 13.8 Å². The van der Waals surface area contributed by atoms with Crippen LogP contribution in [0.3, 0.4) is 0 Å². The minimum Gasteiger partial charge on any atom is -0.710 e. The van der Waals surface area contributed by atoms with Crippen LogP contribution in [0.1, 0.15) is 11.4 Å². The number of fused-ring (bicyclic) bond motifs is 1. The SMILES string of the molecule is CNc1n[nH]c(-c2cccc(C)c2)c1-c1ccc2c(c1)[n+]([O-])c(C)n2C. The molecule has 0 aliphatic rings. The summed E-state index contributed by atoms with van der Waals surface area (Å²) in [4.78, 5) is 0. The highest BCUT2D eigenvalue weighted by molar-refractivity contribution is 5.92. The minimum absolute atomic E-state index is 0.654. The zero-order valence-corrected chi connectivity index (χ0v) is 15.3. The van der Waals surface area contributed by atoms with E-state index in [1.54, 1.807) is 0 Å². The highest BCUT2D eigenvalue weighted by atomic mass is 16.5. The van der Waals surface area contributed by atoms with Crippen LogP contribution in [0.4, 0.5) is 5.82 Å². The quantitative estimate of drug-likeness (QED) is 0.440. The maximum absolute atomic E-state index is 12.5. The number of rotatable bonds is 3. The summed E-state index contributed by atoms with van der Waals surface area (Å²) in [5.74, 6) is 1.42. The van der Waals surface area contributed by atoms with Crippen molar-refractivity contribution >= 4 is 16.9 Å². The van der Waals surface area contributed by atoms with Gasteiger partial charge in [0.05, 0.1) is 18.3 Å². The molecule has 2 N–H and O–H groups in total. The number of hydrogen-bond acceptors (Lipinski definition) is 3. The topological polar surface area (TPSA) is 72.6 Å². The van der Waals surface area contributed by atoms with E-state index in [0.29, 0.717) is 11.3 Å². The lowest BCUT2D eigenvalue weighted by molar-refractivity contribution is -0.585. The molecule has 4 aromatic rings. The Morgan fingerprint density at radius 2 is 1.92 bits per heavy atom. The second-order valence-electron chi connectivity index (χ2n) is 6.55. The highest BCUT2D eigenvalue weighted by Crippen LogP contribution is 2.37. The lowest BCUT2D eigenvalue weighted by Gasteiger charge is -2.08. The molecular formula is C20H21N5O. The third kappa shape index (κ3) is 2.34. The molecule has 0 saturated heterocycles. The summed E-state index contributed by atoms with van der Waals surface area (Å²) in [5.41, 5.74) is 6.65. The van der Waals surface area contributed by atoms with Gasteiger partial charge in [0.25, 0.3) is 5.82 Å². The van der Waals surface area contributed by atoms with Gasteiger partial charge in [-0.3, -0.25) is 5.10 Å². The van der Waals surface area contributed by atoms with Gasteiger partial charge in [-0.05, 0) is 36.8 Å². The fourth-order valence-corrected chi connectivity index (χ4v) is 3.42. The molecule has 0 aliphatic heterocycles. The Balaban J connectivity index is 1.97. The van der Waals surface area contributed by atoms with Gasteiger partial charge in [0.15, 0.2) is 16.9 Å². The fourth-order valence-electron chi connectivity index (χ4n) is 3.42. The van der Waals surface area contributed by atoms with E-state index in [9.17, 15) is 5.21 Å². The van der Waals surface area contributed by atoms with Crippen LogP contribution in [0, 0.1) is 19.1 Å². The van der Waals surface area contributed by atoms with E-state index in [1.165, 1.54) is 5.56 Å². The fraction of sp³-hybridized carbons (Fsp3) is 0.200. The van der Waals surface area contributed by atoms with Gasteiger partial charge in [0.2, 0.25) is 0 Å². The van der Waals surface area contributed by atoms with Crippen LogP contribution in [-0.2, 0) is 7.05 Å². The summed E-state index contributed by atoms with van der Waals surface area (Å²) >= 11 is 0. The number of aryl methyl sites for hydroxylation is 2. The number of aromatic nitrogens is 4. The van der Waals surface area contributed by atoms with E-state index >= 15 is 0 Å². The standard InChI is InChI=1S/C20H21N5O/c1-12-6-5-7-15(10-12)19-18(20(21-3)23-22-19)14-8-9-16-17(11-14)25(26)13(2)24(16)4/h5-11H,1-4H3,(H2,21,22,23). The van der Waals surface area contributed by atoms with Gasteiger partial charge in [-0.25, -0.2) is 9.30 Å².